The van der Waals surface area contributed by atoms with E-state index in [-0.39, 0.29) is 13.7 Å². The summed E-state index contributed by atoms with van der Waals surface area (Å²) >= 11 is 0. The minimum atomic E-state index is -0.0892. The lowest BCUT2D eigenvalue weighted by molar-refractivity contribution is 1.18. The fourth-order valence-corrected chi connectivity index (χ4v) is 15.1. The molecule has 0 N–H and O–H groups in total. The molecule has 0 saturated carbocycles. The van der Waals surface area contributed by atoms with E-state index in [4.69, 9.17) is 0 Å². The van der Waals surface area contributed by atoms with Crippen molar-refractivity contribution in [3.05, 3.63) is 204 Å². The van der Waals surface area contributed by atoms with E-state index in [1.165, 1.54) is 176 Å². The summed E-state index contributed by atoms with van der Waals surface area (Å²) in [5.74, 6) is 0. The van der Waals surface area contributed by atoms with Crippen LogP contribution < -0.4 is 21.9 Å². The fraction of sp³-hybridized carbons (Fsp3) is 0.0606. The number of hydrogen-bond donors (Lipinski definition) is 0. The summed E-state index contributed by atoms with van der Waals surface area (Å²) in [5, 5.41) is 7.82. The summed E-state index contributed by atoms with van der Waals surface area (Å²) in [6.07, 6.45) is 0. The molecular formula is C66H42B2N4. The maximum Gasteiger partial charge on any atom is 0.333 e. The van der Waals surface area contributed by atoms with Crippen LogP contribution in [0.5, 0.6) is 0 Å². The lowest BCUT2D eigenvalue weighted by atomic mass is 9.45. The lowest BCUT2D eigenvalue weighted by Gasteiger charge is -2.35. The zero-order valence-electron chi connectivity index (χ0n) is 40.3. The number of benzene rings is 10. The molecular weight excluding hydrogens is 870 g/mol. The first-order valence-corrected chi connectivity index (χ1v) is 25.6. The summed E-state index contributed by atoms with van der Waals surface area (Å²) in [6, 6.07) is 70.4. The Kier molecular flexibility index (Phi) is 6.76. The van der Waals surface area contributed by atoms with Gasteiger partial charge in [0.2, 0.25) is 0 Å². The molecule has 332 valence electrons. The average Bonchev–Trinajstić information content (AvgIpc) is 4.15. The Morgan fingerprint density at radius 3 is 1.50 bits per heavy atom. The van der Waals surface area contributed by atoms with Crippen molar-refractivity contribution in [2.45, 2.75) is 27.7 Å². The maximum absolute atomic E-state index is 2.83. The standard InChI is InChI=1S/C66H42B2N4/c1-35-24-26-39(37(3)32-35)43-28-31-48-62-58(43)45-30-29-44-41-14-5-9-20-53(41)69-55-22-11-7-18-51(55)67(59(45)63(44)69)72(62)65-47-17-13-16-46-57-49(40-27-25-36(2)33-38(40)4)34-50-42-15-6-10-21-54(42)70-56-23-12-8-19-52(56)68(60(57)64(50)70)71(61(46)47)66(48)65/h5-34H,1-4H3. The first-order chi connectivity index (χ1) is 35.4. The zero-order valence-corrected chi connectivity index (χ0v) is 40.3. The second kappa shape index (κ2) is 12.8. The van der Waals surface area contributed by atoms with E-state index in [1.54, 1.807) is 0 Å². The van der Waals surface area contributed by atoms with Crippen molar-refractivity contribution < 1.29 is 0 Å². The Labute approximate surface area is 415 Å². The predicted octanol–water partition coefficient (Wildman–Crippen LogP) is 13.4. The van der Waals surface area contributed by atoms with Gasteiger partial charge < -0.3 is 18.1 Å². The third-order valence-corrected chi connectivity index (χ3v) is 17.7. The van der Waals surface area contributed by atoms with Gasteiger partial charge in [0.15, 0.2) is 0 Å². The van der Waals surface area contributed by atoms with E-state index in [9.17, 15) is 0 Å². The minimum Gasteiger partial charge on any atom is -0.374 e. The van der Waals surface area contributed by atoms with Crippen molar-refractivity contribution in [2.75, 3.05) is 0 Å². The topological polar surface area (TPSA) is 19.7 Å². The number of fused-ring (bicyclic) bond motifs is 21. The van der Waals surface area contributed by atoms with Gasteiger partial charge in [0, 0.05) is 65.9 Å². The summed E-state index contributed by atoms with van der Waals surface area (Å²) in [5.41, 5.74) is 34.1. The van der Waals surface area contributed by atoms with Crippen molar-refractivity contribution >= 4 is 112 Å². The van der Waals surface area contributed by atoms with Gasteiger partial charge >= 0.3 is 13.7 Å². The molecule has 0 unspecified atom stereocenters. The van der Waals surface area contributed by atoms with E-state index in [1.807, 2.05) is 0 Å². The van der Waals surface area contributed by atoms with E-state index < -0.39 is 0 Å². The highest BCUT2D eigenvalue weighted by molar-refractivity contribution is 6.92. The van der Waals surface area contributed by atoms with Gasteiger partial charge in [0.1, 0.15) is 0 Å². The minimum absolute atomic E-state index is 0.0666. The van der Waals surface area contributed by atoms with Gasteiger partial charge in [-0.2, -0.15) is 0 Å². The molecule has 6 heteroatoms. The Balaban J connectivity index is 1.08. The summed E-state index contributed by atoms with van der Waals surface area (Å²) in [4.78, 5) is 0. The van der Waals surface area contributed by atoms with E-state index in [2.05, 4.69) is 228 Å². The van der Waals surface area contributed by atoms with Crippen molar-refractivity contribution in [3.8, 4) is 55.9 Å². The van der Waals surface area contributed by atoms with Crippen molar-refractivity contribution in [3.63, 3.8) is 0 Å². The molecule has 0 spiro atoms. The lowest BCUT2D eigenvalue weighted by Crippen LogP contribution is -2.55. The Morgan fingerprint density at radius 1 is 0.306 bits per heavy atom. The van der Waals surface area contributed by atoms with E-state index >= 15 is 0 Å². The maximum atomic E-state index is 2.83. The van der Waals surface area contributed by atoms with Gasteiger partial charge in [-0.1, -0.05) is 163 Å². The van der Waals surface area contributed by atoms with Crippen LogP contribution in [-0.4, -0.2) is 31.8 Å². The number of aryl methyl sites for hydroxylation is 4. The molecule has 0 amide bonds. The number of aromatic nitrogens is 4. The van der Waals surface area contributed by atoms with Crippen LogP contribution in [0.4, 0.5) is 0 Å². The van der Waals surface area contributed by atoms with E-state index in [0.29, 0.717) is 0 Å². The Bertz CT molecular complexity index is 4940. The van der Waals surface area contributed by atoms with Gasteiger partial charge in [0.05, 0.1) is 33.1 Å². The largest absolute Gasteiger partial charge is 0.374 e. The van der Waals surface area contributed by atoms with Gasteiger partial charge in [-0.3, -0.25) is 0 Å². The van der Waals surface area contributed by atoms with Crippen molar-refractivity contribution in [1.82, 2.24) is 18.1 Å². The first kappa shape index (κ1) is 38.1. The zero-order chi connectivity index (χ0) is 47.2. The first-order valence-electron chi connectivity index (χ1n) is 25.6. The fourth-order valence-electron chi connectivity index (χ4n) is 15.1. The normalized spacial score (nSPS) is 13.5. The molecule has 4 nitrogen and oxygen atoms in total. The average molecular weight is 913 g/mol. The van der Waals surface area contributed by atoms with Crippen molar-refractivity contribution in [2.24, 2.45) is 0 Å². The molecule has 0 bridgehead atoms. The molecule has 72 heavy (non-hydrogen) atoms. The number of nitrogens with zero attached hydrogens (tertiary/aromatic N) is 4. The van der Waals surface area contributed by atoms with Crippen LogP contribution in [0.15, 0.2) is 182 Å². The monoisotopic (exact) mass is 912 g/mol. The van der Waals surface area contributed by atoms with Crippen LogP contribution in [-0.2, 0) is 0 Å². The van der Waals surface area contributed by atoms with Crippen LogP contribution >= 0.6 is 0 Å². The van der Waals surface area contributed by atoms with Crippen molar-refractivity contribution in [1.29, 1.82) is 0 Å². The molecule has 4 aliphatic rings. The predicted molar refractivity (Wildman–Crippen MR) is 305 cm³/mol. The van der Waals surface area contributed by atoms with E-state index in [0.717, 1.165) is 0 Å². The van der Waals surface area contributed by atoms with Crippen LogP contribution in [0.1, 0.15) is 22.3 Å². The Hall–Kier alpha value is -8.73. The smallest absolute Gasteiger partial charge is 0.333 e. The molecule has 8 heterocycles. The molecule has 14 aromatic rings. The number of rotatable bonds is 2. The number of hydrogen-bond acceptors (Lipinski definition) is 0. The van der Waals surface area contributed by atoms with Crippen LogP contribution in [0.2, 0.25) is 0 Å². The molecule has 0 saturated heterocycles. The molecule has 10 aromatic carbocycles. The number of para-hydroxylation sites is 5. The van der Waals surface area contributed by atoms with Crippen LogP contribution in [0.3, 0.4) is 0 Å². The Morgan fingerprint density at radius 2 is 0.819 bits per heavy atom. The molecule has 0 aliphatic carbocycles. The van der Waals surface area contributed by atoms with Gasteiger partial charge in [-0.05, 0) is 124 Å². The molecule has 0 fully saturated rings. The summed E-state index contributed by atoms with van der Waals surface area (Å²) in [6.45, 7) is 8.86. The third kappa shape index (κ3) is 4.23. The third-order valence-electron chi connectivity index (χ3n) is 17.7. The molecule has 18 rings (SSSR count). The molecule has 0 atom stereocenters. The highest BCUT2D eigenvalue weighted by atomic mass is 15.1. The molecule has 4 aromatic heterocycles. The van der Waals surface area contributed by atoms with Crippen LogP contribution in [0, 0.1) is 27.7 Å². The summed E-state index contributed by atoms with van der Waals surface area (Å²) < 4.78 is 10.8. The van der Waals surface area contributed by atoms with Gasteiger partial charge in [-0.15, -0.1) is 0 Å². The highest BCUT2D eigenvalue weighted by Crippen LogP contribution is 2.53. The SMILES string of the molecule is Cc1ccc(-c2cc3c4ccccc4n4c3c3c2-c2cccc5c2n(c2c6ccc(-c7ccc(C)cc7C)c7c6n(c52)B2c5ccccc5-n5c6ccccc6c6ccc-7c2c65)B3c2ccccc2-4)c(C)c1. The van der Waals surface area contributed by atoms with Crippen LogP contribution in [0.25, 0.3) is 132 Å². The van der Waals surface area contributed by atoms with Gasteiger partial charge in [0.25, 0.3) is 0 Å². The highest BCUT2D eigenvalue weighted by Gasteiger charge is 2.47. The second-order valence-electron chi connectivity index (χ2n) is 21.3. The molecule has 4 aliphatic heterocycles. The van der Waals surface area contributed by atoms with Gasteiger partial charge in [-0.25, -0.2) is 0 Å². The second-order valence-corrected chi connectivity index (χ2v) is 21.3. The quantitative estimate of drug-likeness (QED) is 0.154. The molecule has 0 radical (unpaired) electrons. The summed E-state index contributed by atoms with van der Waals surface area (Å²) in [7, 11) is 0.